The molecule has 0 saturated carbocycles. The van der Waals surface area contributed by atoms with E-state index in [1.54, 1.807) is 7.05 Å². The third-order valence-corrected chi connectivity index (χ3v) is 2.90. The van der Waals surface area contributed by atoms with Crippen LogP contribution in [0.3, 0.4) is 0 Å². The molecule has 5 nitrogen and oxygen atoms in total. The maximum Gasteiger partial charge on any atom is 0.267 e. The van der Waals surface area contributed by atoms with E-state index in [-0.39, 0.29) is 12.1 Å². The number of anilines is 1. The van der Waals surface area contributed by atoms with Crippen molar-refractivity contribution >= 4 is 11.5 Å². The Kier molecular flexibility index (Phi) is 2.94. The lowest BCUT2D eigenvalue weighted by atomic mass is 10.1. The second-order valence-corrected chi connectivity index (χ2v) is 4.43. The molecule has 1 saturated heterocycles. The Morgan fingerprint density at radius 3 is 2.88 bits per heavy atom. The molecule has 2 heterocycles. The minimum atomic E-state index is -2.94. The van der Waals surface area contributed by atoms with E-state index in [1.807, 2.05) is 0 Å². The Labute approximate surface area is 97.8 Å². The number of aliphatic hydroxyl groups excluding tert-OH is 1. The zero-order valence-corrected chi connectivity index (χ0v) is 9.53. The number of alkyl halides is 2. The fraction of sp³-hybridized carbons (Fsp3) is 0.700. The van der Waals surface area contributed by atoms with Gasteiger partial charge in [-0.15, -0.1) is 0 Å². The smallest absolute Gasteiger partial charge is 0.267 e. The van der Waals surface area contributed by atoms with E-state index in [0.29, 0.717) is 12.4 Å². The molecule has 1 atom stereocenters. The van der Waals surface area contributed by atoms with Crippen molar-refractivity contribution in [3.05, 3.63) is 11.9 Å². The average molecular weight is 245 g/mol. The number of aromatic nitrogens is 2. The summed E-state index contributed by atoms with van der Waals surface area (Å²) in [6, 6.07) is 0. The predicted molar refractivity (Wildman–Crippen MR) is 59.6 cm³/mol. The number of hydrogen-bond acceptors (Lipinski definition) is 3. The first-order valence-corrected chi connectivity index (χ1v) is 5.43. The first kappa shape index (κ1) is 12.1. The number of rotatable bonds is 1. The van der Waals surface area contributed by atoms with Crippen LogP contribution in [0.5, 0.6) is 0 Å². The van der Waals surface area contributed by atoms with Crippen molar-refractivity contribution in [1.29, 1.82) is 0 Å². The van der Waals surface area contributed by atoms with Crippen LogP contribution in [0.15, 0.2) is 6.20 Å². The largest absolute Gasteiger partial charge is 0.694 e. The van der Waals surface area contributed by atoms with Crippen molar-refractivity contribution in [2.24, 2.45) is 7.05 Å². The van der Waals surface area contributed by atoms with Crippen molar-refractivity contribution in [2.75, 3.05) is 18.0 Å². The summed E-state index contributed by atoms with van der Waals surface area (Å²) in [5, 5.41) is 13.3. The van der Waals surface area contributed by atoms with Crippen molar-refractivity contribution < 1.29 is 13.9 Å². The fourth-order valence-corrected chi connectivity index (χ4v) is 2.16. The molecule has 2 N–H and O–H groups in total. The van der Waals surface area contributed by atoms with Crippen molar-refractivity contribution in [2.45, 2.75) is 24.9 Å². The summed E-state index contributed by atoms with van der Waals surface area (Å²) in [7, 11) is 1.62. The standard InChI is InChI=1S/C10H15F2N4O/c1-15-9(8(13)5-14-15)16-3-2-7(17)4-10(11,12)6-16/h5,7,13,17H,2-4,6H2,1H3/q-1. The number of halogens is 2. The summed E-state index contributed by atoms with van der Waals surface area (Å²) in [6.07, 6.45) is 0.0985. The number of nitrogens with one attached hydrogen (secondary N) is 1. The van der Waals surface area contributed by atoms with Gasteiger partial charge in [-0.3, -0.25) is 4.68 Å². The normalized spacial score (nSPS) is 24.7. The molecule has 1 aromatic rings. The Morgan fingerprint density at radius 1 is 1.59 bits per heavy atom. The van der Waals surface area contributed by atoms with Crippen LogP contribution in [-0.4, -0.2) is 40.0 Å². The highest BCUT2D eigenvalue weighted by molar-refractivity contribution is 5.65. The summed E-state index contributed by atoms with van der Waals surface area (Å²) < 4.78 is 28.5. The number of aliphatic hydroxyl groups is 1. The van der Waals surface area contributed by atoms with Gasteiger partial charge in [-0.1, -0.05) is 5.69 Å². The number of hydrogen-bond donors (Lipinski definition) is 1. The quantitative estimate of drug-likeness (QED) is 0.819. The summed E-state index contributed by atoms with van der Waals surface area (Å²) in [6.45, 7) is -0.169. The molecular formula is C10H15F2N4O-. The third-order valence-electron chi connectivity index (χ3n) is 2.90. The van der Waals surface area contributed by atoms with Crippen LogP contribution >= 0.6 is 0 Å². The van der Waals surface area contributed by atoms with Crippen LogP contribution in [0.1, 0.15) is 12.8 Å². The lowest BCUT2D eigenvalue weighted by Gasteiger charge is -2.27. The van der Waals surface area contributed by atoms with Crippen LogP contribution in [0, 0.1) is 0 Å². The Hall–Kier alpha value is -1.37. The molecule has 1 fully saturated rings. The second-order valence-electron chi connectivity index (χ2n) is 4.43. The van der Waals surface area contributed by atoms with Gasteiger partial charge in [0.15, 0.2) is 0 Å². The van der Waals surface area contributed by atoms with Gasteiger partial charge in [0.2, 0.25) is 0 Å². The first-order chi connectivity index (χ1) is 7.89. The van der Waals surface area contributed by atoms with Crippen LogP contribution < -0.4 is 4.90 Å². The lowest BCUT2D eigenvalue weighted by Crippen LogP contribution is -2.36. The summed E-state index contributed by atoms with van der Waals surface area (Å²) in [5.74, 6) is -2.56. The molecule has 1 unspecified atom stereocenters. The molecule has 0 radical (unpaired) electrons. The lowest BCUT2D eigenvalue weighted by molar-refractivity contribution is -0.0293. The van der Waals surface area contributed by atoms with Gasteiger partial charge in [0.25, 0.3) is 5.92 Å². The molecule has 0 bridgehead atoms. The second kappa shape index (κ2) is 4.14. The van der Waals surface area contributed by atoms with Crippen molar-refractivity contribution in [3.63, 3.8) is 0 Å². The van der Waals surface area contributed by atoms with Gasteiger partial charge in [-0.05, 0) is 6.42 Å². The molecule has 17 heavy (non-hydrogen) atoms. The monoisotopic (exact) mass is 245 g/mol. The van der Waals surface area contributed by atoms with Crippen LogP contribution in [-0.2, 0) is 7.05 Å². The van der Waals surface area contributed by atoms with Gasteiger partial charge in [-0.25, -0.2) is 8.78 Å². The number of nitrogens with zero attached hydrogens (tertiary/aromatic N) is 3. The van der Waals surface area contributed by atoms with E-state index in [2.05, 4.69) is 5.10 Å². The van der Waals surface area contributed by atoms with Gasteiger partial charge in [0.1, 0.15) is 5.82 Å². The van der Waals surface area contributed by atoms with E-state index in [0.717, 1.165) is 0 Å². The average Bonchev–Trinajstić information content (AvgIpc) is 2.45. The zero-order valence-electron chi connectivity index (χ0n) is 9.53. The van der Waals surface area contributed by atoms with E-state index < -0.39 is 25.0 Å². The Balaban J connectivity index is 2.27. The zero-order chi connectivity index (χ0) is 12.6. The molecule has 2 rings (SSSR count). The molecule has 0 aromatic carbocycles. The molecule has 1 aliphatic rings. The molecule has 1 aromatic heterocycles. The van der Waals surface area contributed by atoms with E-state index in [4.69, 9.17) is 5.73 Å². The maximum absolute atomic E-state index is 13.5. The molecule has 1 aliphatic heterocycles. The van der Waals surface area contributed by atoms with Gasteiger partial charge < -0.3 is 15.7 Å². The van der Waals surface area contributed by atoms with E-state index in [1.165, 1.54) is 15.8 Å². The fourth-order valence-electron chi connectivity index (χ4n) is 2.16. The number of aryl methyl sites for hydroxylation is 1. The molecule has 0 spiro atoms. The summed E-state index contributed by atoms with van der Waals surface area (Å²) >= 11 is 0. The molecule has 0 amide bonds. The highest BCUT2D eigenvalue weighted by atomic mass is 19.3. The van der Waals surface area contributed by atoms with E-state index in [9.17, 15) is 13.9 Å². The highest BCUT2D eigenvalue weighted by Gasteiger charge is 2.38. The minimum absolute atomic E-state index is 0.125. The van der Waals surface area contributed by atoms with Crippen molar-refractivity contribution in [3.8, 4) is 0 Å². The SMILES string of the molecule is Cn1ncc([NH-])c1N1CCC(O)CC(F)(F)C1. The maximum atomic E-state index is 13.5. The molecule has 96 valence electrons. The van der Waals surface area contributed by atoms with Crippen LogP contribution in [0.2, 0.25) is 0 Å². The molecule has 0 aliphatic carbocycles. The topological polar surface area (TPSA) is 65.1 Å². The van der Waals surface area contributed by atoms with E-state index >= 15 is 0 Å². The van der Waals surface area contributed by atoms with Crippen molar-refractivity contribution in [1.82, 2.24) is 9.78 Å². The summed E-state index contributed by atoms with van der Waals surface area (Å²) in [4.78, 5) is 1.42. The van der Waals surface area contributed by atoms with Gasteiger partial charge >= 0.3 is 0 Å². The Morgan fingerprint density at radius 2 is 2.29 bits per heavy atom. The van der Waals surface area contributed by atoms with Crippen LogP contribution in [0.25, 0.3) is 5.73 Å². The molecular weight excluding hydrogens is 230 g/mol. The highest BCUT2D eigenvalue weighted by Crippen LogP contribution is 2.33. The Bertz CT molecular complexity index is 388. The van der Waals surface area contributed by atoms with Crippen LogP contribution in [0.4, 0.5) is 20.3 Å². The molecule has 7 heteroatoms. The predicted octanol–water partition coefficient (Wildman–Crippen LogP) is 1.70. The summed E-state index contributed by atoms with van der Waals surface area (Å²) in [5.41, 5.74) is 7.77. The third kappa shape index (κ3) is 2.49. The first-order valence-electron chi connectivity index (χ1n) is 5.43. The van der Waals surface area contributed by atoms with Gasteiger partial charge in [0, 0.05) is 26.2 Å². The van der Waals surface area contributed by atoms with Gasteiger partial charge in [0.05, 0.1) is 12.6 Å². The minimum Gasteiger partial charge on any atom is -0.694 e. The van der Waals surface area contributed by atoms with Gasteiger partial charge in [-0.2, -0.15) is 5.10 Å².